The van der Waals surface area contributed by atoms with Crippen LogP contribution in [0.4, 0.5) is 0 Å². The second-order valence-electron chi connectivity index (χ2n) is 8.47. The maximum Gasteiger partial charge on any atom is 0.228 e. The number of H-pyrrole nitrogens is 1. The van der Waals surface area contributed by atoms with Crippen molar-refractivity contribution in [2.75, 3.05) is 26.2 Å². The van der Waals surface area contributed by atoms with Gasteiger partial charge in [0.2, 0.25) is 5.91 Å². The van der Waals surface area contributed by atoms with Gasteiger partial charge in [-0.15, -0.1) is 0 Å². The first-order valence-electron chi connectivity index (χ1n) is 9.99. The molecule has 26 heavy (non-hydrogen) atoms. The Morgan fingerprint density at radius 3 is 2.54 bits per heavy atom. The van der Waals surface area contributed by atoms with Crippen molar-refractivity contribution in [2.24, 2.45) is 11.3 Å². The molecule has 1 N–H and O–H groups in total. The summed E-state index contributed by atoms with van der Waals surface area (Å²) in [6, 6.07) is 8.15. The average molecular weight is 354 g/mol. The Balaban J connectivity index is 1.34. The maximum absolute atomic E-state index is 13.1. The van der Waals surface area contributed by atoms with E-state index in [1.807, 2.05) is 18.2 Å². The molecule has 5 nitrogen and oxygen atoms in total. The van der Waals surface area contributed by atoms with Crippen molar-refractivity contribution in [2.45, 2.75) is 46.1 Å². The molecule has 2 aliphatic rings. The number of piperazine rings is 1. The Hall–Kier alpha value is -1.88. The molecule has 1 saturated heterocycles. The maximum atomic E-state index is 13.1. The van der Waals surface area contributed by atoms with Gasteiger partial charge in [0.1, 0.15) is 5.82 Å². The molecule has 1 aliphatic heterocycles. The molecule has 0 unspecified atom stereocenters. The van der Waals surface area contributed by atoms with Gasteiger partial charge in [0.25, 0.3) is 0 Å². The highest BCUT2D eigenvalue weighted by atomic mass is 16.2. The number of amides is 1. The molecule has 1 saturated carbocycles. The number of para-hydroxylation sites is 2. The summed E-state index contributed by atoms with van der Waals surface area (Å²) in [4.78, 5) is 25.6. The predicted molar refractivity (Wildman–Crippen MR) is 104 cm³/mol. The molecule has 2 heterocycles. The monoisotopic (exact) mass is 354 g/mol. The summed E-state index contributed by atoms with van der Waals surface area (Å²) in [5.74, 6) is 1.92. The number of nitrogens with zero attached hydrogens (tertiary/aromatic N) is 3. The summed E-state index contributed by atoms with van der Waals surface area (Å²) >= 11 is 0. The van der Waals surface area contributed by atoms with Crippen LogP contribution < -0.4 is 0 Å². The molecule has 1 aromatic heterocycles. The average Bonchev–Trinajstić information content (AvgIpc) is 3.31. The number of fused-ring (bicyclic) bond motifs is 1. The van der Waals surface area contributed by atoms with E-state index < -0.39 is 0 Å². The number of benzene rings is 1. The van der Waals surface area contributed by atoms with E-state index in [1.165, 1.54) is 25.7 Å². The fourth-order valence-electron chi connectivity index (χ4n) is 4.63. The zero-order valence-corrected chi connectivity index (χ0v) is 16.0. The summed E-state index contributed by atoms with van der Waals surface area (Å²) in [5.41, 5.74) is 1.90. The van der Waals surface area contributed by atoms with E-state index in [0.717, 1.165) is 49.6 Å². The van der Waals surface area contributed by atoms with Gasteiger partial charge in [0.15, 0.2) is 0 Å². The Labute approximate surface area is 155 Å². The van der Waals surface area contributed by atoms with Gasteiger partial charge in [0, 0.05) is 31.6 Å². The molecular weight excluding hydrogens is 324 g/mol. The summed E-state index contributed by atoms with van der Waals surface area (Å²) in [6.07, 6.45) is 4.99. The number of carbonyl (C=O) groups is 1. The van der Waals surface area contributed by atoms with Crippen LogP contribution in [0.1, 0.15) is 45.4 Å². The van der Waals surface area contributed by atoms with Crippen LogP contribution in [-0.2, 0) is 11.3 Å². The standard InChI is InChI=1S/C21H30N4O/c1-21(2,16-7-3-4-8-16)20(26)25-13-11-24(12-14-25)15-19-22-17-9-5-6-10-18(17)23-19/h5-6,9-10,16H,3-4,7-8,11-15H2,1-2H3,(H,22,23). The summed E-state index contributed by atoms with van der Waals surface area (Å²) in [6.45, 7) is 8.64. The SMILES string of the molecule is CC(C)(C(=O)N1CCN(Cc2nc3ccccc3[nH]2)CC1)C1CCCC1. The lowest BCUT2D eigenvalue weighted by molar-refractivity contribution is -0.145. The third-order valence-corrected chi connectivity index (χ3v) is 6.40. The van der Waals surface area contributed by atoms with Crippen LogP contribution in [0.5, 0.6) is 0 Å². The highest BCUT2D eigenvalue weighted by molar-refractivity contribution is 5.82. The lowest BCUT2D eigenvalue weighted by atomic mass is 9.76. The van der Waals surface area contributed by atoms with Gasteiger partial charge >= 0.3 is 0 Å². The minimum atomic E-state index is -0.211. The van der Waals surface area contributed by atoms with Crippen LogP contribution >= 0.6 is 0 Å². The summed E-state index contributed by atoms with van der Waals surface area (Å²) in [5, 5.41) is 0. The van der Waals surface area contributed by atoms with Gasteiger partial charge in [-0.05, 0) is 30.9 Å². The summed E-state index contributed by atoms with van der Waals surface area (Å²) < 4.78 is 0. The molecule has 1 aromatic carbocycles. The van der Waals surface area contributed by atoms with Crippen LogP contribution in [0.25, 0.3) is 11.0 Å². The first kappa shape index (κ1) is 17.5. The van der Waals surface area contributed by atoms with Crippen LogP contribution in [0.2, 0.25) is 0 Å². The normalized spacial score (nSPS) is 20.2. The van der Waals surface area contributed by atoms with E-state index in [4.69, 9.17) is 0 Å². The van der Waals surface area contributed by atoms with Crippen molar-refractivity contribution < 1.29 is 4.79 Å². The number of carbonyl (C=O) groups excluding carboxylic acids is 1. The van der Waals surface area contributed by atoms with E-state index in [0.29, 0.717) is 11.8 Å². The molecule has 0 radical (unpaired) electrons. The van der Waals surface area contributed by atoms with Crippen LogP contribution in [0.3, 0.4) is 0 Å². The van der Waals surface area contributed by atoms with Crippen LogP contribution in [0, 0.1) is 11.3 Å². The van der Waals surface area contributed by atoms with Crippen molar-refractivity contribution in [1.82, 2.24) is 19.8 Å². The number of rotatable bonds is 4. The molecular formula is C21H30N4O. The third kappa shape index (κ3) is 3.37. The molecule has 2 fully saturated rings. The van der Waals surface area contributed by atoms with Crippen molar-refractivity contribution in [3.63, 3.8) is 0 Å². The van der Waals surface area contributed by atoms with E-state index in [1.54, 1.807) is 0 Å². The van der Waals surface area contributed by atoms with E-state index in [9.17, 15) is 4.79 Å². The van der Waals surface area contributed by atoms with E-state index in [2.05, 4.69) is 39.7 Å². The van der Waals surface area contributed by atoms with Gasteiger partial charge in [0.05, 0.1) is 17.6 Å². The predicted octanol–water partition coefficient (Wildman–Crippen LogP) is 3.42. The lowest BCUT2D eigenvalue weighted by Crippen LogP contribution is -2.53. The first-order valence-corrected chi connectivity index (χ1v) is 9.99. The topological polar surface area (TPSA) is 52.2 Å². The van der Waals surface area contributed by atoms with Gasteiger partial charge in [-0.1, -0.05) is 38.8 Å². The zero-order valence-electron chi connectivity index (χ0n) is 16.0. The molecule has 140 valence electrons. The second kappa shape index (κ2) is 7.03. The lowest BCUT2D eigenvalue weighted by Gasteiger charge is -2.40. The molecule has 0 spiro atoms. The quantitative estimate of drug-likeness (QED) is 0.915. The second-order valence-corrected chi connectivity index (χ2v) is 8.47. The van der Waals surface area contributed by atoms with Crippen LogP contribution in [0.15, 0.2) is 24.3 Å². The Morgan fingerprint density at radius 1 is 1.15 bits per heavy atom. The number of nitrogens with one attached hydrogen (secondary N) is 1. The Morgan fingerprint density at radius 2 is 1.85 bits per heavy atom. The van der Waals surface area contributed by atoms with Gasteiger partial charge in [-0.25, -0.2) is 4.98 Å². The van der Waals surface area contributed by atoms with Gasteiger partial charge in [-0.3, -0.25) is 9.69 Å². The van der Waals surface area contributed by atoms with Crippen molar-refractivity contribution in [1.29, 1.82) is 0 Å². The number of aromatic amines is 1. The fraction of sp³-hybridized carbons (Fsp3) is 0.619. The van der Waals surface area contributed by atoms with Crippen LogP contribution in [-0.4, -0.2) is 51.9 Å². The van der Waals surface area contributed by atoms with E-state index in [-0.39, 0.29) is 5.41 Å². The highest BCUT2D eigenvalue weighted by Crippen LogP contribution is 2.40. The number of aromatic nitrogens is 2. The van der Waals surface area contributed by atoms with Gasteiger partial charge < -0.3 is 9.88 Å². The minimum Gasteiger partial charge on any atom is -0.341 e. The van der Waals surface area contributed by atoms with E-state index >= 15 is 0 Å². The number of hydrogen-bond donors (Lipinski definition) is 1. The number of hydrogen-bond acceptors (Lipinski definition) is 3. The van der Waals surface area contributed by atoms with Gasteiger partial charge in [-0.2, -0.15) is 0 Å². The molecule has 4 rings (SSSR count). The third-order valence-electron chi connectivity index (χ3n) is 6.40. The fourth-order valence-corrected chi connectivity index (χ4v) is 4.63. The van der Waals surface area contributed by atoms with Crippen molar-refractivity contribution in [3.05, 3.63) is 30.1 Å². The molecule has 0 bridgehead atoms. The van der Waals surface area contributed by atoms with Crippen molar-refractivity contribution in [3.8, 4) is 0 Å². The first-order chi connectivity index (χ1) is 12.5. The Kier molecular flexibility index (Phi) is 4.74. The zero-order chi connectivity index (χ0) is 18.1. The smallest absolute Gasteiger partial charge is 0.228 e. The molecule has 2 aromatic rings. The summed E-state index contributed by atoms with van der Waals surface area (Å²) in [7, 11) is 0. The minimum absolute atomic E-state index is 0.211. The molecule has 0 atom stereocenters. The largest absolute Gasteiger partial charge is 0.341 e. The molecule has 5 heteroatoms. The Bertz CT molecular complexity index is 734. The highest BCUT2D eigenvalue weighted by Gasteiger charge is 2.41. The number of imidazole rings is 1. The molecule has 1 amide bonds. The van der Waals surface area contributed by atoms with Crippen molar-refractivity contribution >= 4 is 16.9 Å². The molecule has 1 aliphatic carbocycles.